The molecule has 0 saturated heterocycles. The average molecular weight is 257 g/mol. The van der Waals surface area contributed by atoms with Gasteiger partial charge >= 0.3 is 0 Å². The van der Waals surface area contributed by atoms with E-state index in [1.54, 1.807) is 0 Å². The van der Waals surface area contributed by atoms with Crippen LogP contribution in [0, 0.1) is 0 Å². The number of aryl methyl sites for hydroxylation is 1. The van der Waals surface area contributed by atoms with Crippen LogP contribution in [0.2, 0.25) is 0 Å². The smallest absolute Gasteiger partial charge is 0.0386 e. The highest BCUT2D eigenvalue weighted by atomic mass is 32.2. The highest BCUT2D eigenvalue weighted by Gasteiger charge is 2.06. The molecule has 1 aromatic heterocycles. The fourth-order valence-electron chi connectivity index (χ4n) is 1.61. The van der Waals surface area contributed by atoms with Crippen LogP contribution in [-0.2, 0) is 6.42 Å². The first kappa shape index (κ1) is 14.1. The molecule has 0 aliphatic carbocycles. The molecule has 1 atom stereocenters. The average Bonchev–Trinajstić information content (AvgIpc) is 2.77. The zero-order chi connectivity index (χ0) is 11.8. The minimum absolute atomic E-state index is 0.513. The largest absolute Gasteiger partial charge is 0.309 e. The van der Waals surface area contributed by atoms with Crippen molar-refractivity contribution in [3.05, 3.63) is 21.9 Å². The normalized spacial score (nSPS) is 12.9. The summed E-state index contributed by atoms with van der Waals surface area (Å²) in [6.07, 6.45) is 5.95. The van der Waals surface area contributed by atoms with Crippen LogP contribution in [0.3, 0.4) is 0 Å². The summed E-state index contributed by atoms with van der Waals surface area (Å²) in [4.78, 5) is 2.97. The van der Waals surface area contributed by atoms with Crippen LogP contribution in [0.4, 0.5) is 0 Å². The van der Waals surface area contributed by atoms with Crippen molar-refractivity contribution in [1.82, 2.24) is 5.32 Å². The summed E-state index contributed by atoms with van der Waals surface area (Å²) in [5.41, 5.74) is 0. The maximum Gasteiger partial charge on any atom is 0.0386 e. The molecule has 0 amide bonds. The van der Waals surface area contributed by atoms with E-state index in [4.69, 9.17) is 0 Å². The lowest BCUT2D eigenvalue weighted by molar-refractivity contribution is 0.562. The van der Waals surface area contributed by atoms with Crippen molar-refractivity contribution in [2.24, 2.45) is 0 Å². The van der Waals surface area contributed by atoms with E-state index >= 15 is 0 Å². The van der Waals surface area contributed by atoms with Crippen LogP contribution < -0.4 is 5.32 Å². The van der Waals surface area contributed by atoms with Crippen molar-refractivity contribution >= 4 is 23.1 Å². The van der Waals surface area contributed by atoms with Crippen LogP contribution >= 0.6 is 23.1 Å². The summed E-state index contributed by atoms with van der Waals surface area (Å²) in [5, 5.41) is 3.60. The predicted octanol–water partition coefficient (Wildman–Crippen LogP) is 4.10. The Bertz CT molecular complexity index is 283. The van der Waals surface area contributed by atoms with Gasteiger partial charge < -0.3 is 5.32 Å². The third kappa shape index (κ3) is 4.89. The van der Waals surface area contributed by atoms with E-state index < -0.39 is 0 Å². The molecule has 16 heavy (non-hydrogen) atoms. The Kier molecular flexibility index (Phi) is 7.17. The molecule has 1 aromatic rings. The first-order valence-electron chi connectivity index (χ1n) is 6.08. The van der Waals surface area contributed by atoms with E-state index in [9.17, 15) is 0 Å². The van der Waals surface area contributed by atoms with Gasteiger partial charge in [0.05, 0.1) is 0 Å². The van der Waals surface area contributed by atoms with Crippen molar-refractivity contribution < 1.29 is 0 Å². The van der Waals surface area contributed by atoms with Gasteiger partial charge in [0.2, 0.25) is 0 Å². The molecule has 3 heteroatoms. The molecular weight excluding hydrogens is 234 g/mol. The van der Waals surface area contributed by atoms with Gasteiger partial charge in [0, 0.05) is 15.8 Å². The van der Waals surface area contributed by atoms with Crippen LogP contribution in [0.25, 0.3) is 0 Å². The molecule has 0 saturated carbocycles. The molecule has 92 valence electrons. The van der Waals surface area contributed by atoms with Gasteiger partial charge in [0.25, 0.3) is 0 Å². The monoisotopic (exact) mass is 257 g/mol. The number of hydrogen-bond donors (Lipinski definition) is 1. The fourth-order valence-corrected chi connectivity index (χ4v) is 3.08. The Labute approximate surface area is 108 Å². The third-order valence-corrected chi connectivity index (χ3v) is 4.79. The lowest BCUT2D eigenvalue weighted by atomic mass is 10.2. The second-order valence-corrected chi connectivity index (χ2v) is 6.22. The van der Waals surface area contributed by atoms with Gasteiger partial charge in [0.1, 0.15) is 0 Å². The topological polar surface area (TPSA) is 12.0 Å². The molecule has 1 rings (SSSR count). The number of thiophene rings is 1. The van der Waals surface area contributed by atoms with E-state index in [1.165, 1.54) is 28.3 Å². The summed E-state index contributed by atoms with van der Waals surface area (Å²) in [5.74, 6) is 1.29. The summed E-state index contributed by atoms with van der Waals surface area (Å²) in [6, 6.07) is 5.04. The van der Waals surface area contributed by atoms with Crippen molar-refractivity contribution in [3.63, 3.8) is 0 Å². The second-order valence-electron chi connectivity index (χ2n) is 4.03. The summed E-state index contributed by atoms with van der Waals surface area (Å²) < 4.78 is 0. The minimum atomic E-state index is 0.513. The van der Waals surface area contributed by atoms with Crippen molar-refractivity contribution in [1.29, 1.82) is 0 Å². The van der Waals surface area contributed by atoms with Crippen molar-refractivity contribution in [2.75, 3.05) is 18.6 Å². The molecule has 1 unspecified atom stereocenters. The molecule has 0 bridgehead atoms. The maximum atomic E-state index is 3.60. The molecule has 0 aliphatic heterocycles. The molecule has 1 nitrogen and oxygen atoms in total. The first-order valence-corrected chi connectivity index (χ1v) is 8.30. The standard InChI is InChI=1S/C13H23NS2/c1-4-12-7-8-13(16-12)11(2)14-9-5-6-10-15-3/h7-8,11,14H,4-6,9-10H2,1-3H3. The highest BCUT2D eigenvalue weighted by molar-refractivity contribution is 7.98. The van der Waals surface area contributed by atoms with Crippen LogP contribution in [0.1, 0.15) is 42.5 Å². The van der Waals surface area contributed by atoms with E-state index in [-0.39, 0.29) is 0 Å². The fraction of sp³-hybridized carbons (Fsp3) is 0.692. The molecular formula is C13H23NS2. The molecule has 0 fully saturated rings. The van der Waals surface area contributed by atoms with Gasteiger partial charge in [-0.25, -0.2) is 0 Å². The van der Waals surface area contributed by atoms with E-state index in [0.717, 1.165) is 13.0 Å². The van der Waals surface area contributed by atoms with E-state index in [1.807, 2.05) is 23.1 Å². The zero-order valence-electron chi connectivity index (χ0n) is 10.6. The molecule has 0 spiro atoms. The van der Waals surface area contributed by atoms with E-state index in [0.29, 0.717) is 6.04 Å². The van der Waals surface area contributed by atoms with Crippen LogP contribution in [0.5, 0.6) is 0 Å². The lowest BCUT2D eigenvalue weighted by Crippen LogP contribution is -2.19. The Morgan fingerprint density at radius 2 is 2.19 bits per heavy atom. The van der Waals surface area contributed by atoms with E-state index in [2.05, 4.69) is 37.6 Å². The van der Waals surface area contributed by atoms with Gasteiger partial charge in [-0.05, 0) is 56.9 Å². The summed E-state index contributed by atoms with van der Waals surface area (Å²) in [7, 11) is 0. The maximum absolute atomic E-state index is 3.60. The molecule has 1 heterocycles. The van der Waals surface area contributed by atoms with Crippen molar-refractivity contribution in [3.8, 4) is 0 Å². The third-order valence-electron chi connectivity index (χ3n) is 2.68. The number of rotatable bonds is 8. The van der Waals surface area contributed by atoms with Gasteiger partial charge in [0.15, 0.2) is 0 Å². The Balaban J connectivity index is 2.21. The highest BCUT2D eigenvalue weighted by Crippen LogP contribution is 2.23. The van der Waals surface area contributed by atoms with Gasteiger partial charge in [-0.15, -0.1) is 11.3 Å². The first-order chi connectivity index (χ1) is 7.77. The lowest BCUT2D eigenvalue weighted by Gasteiger charge is -2.11. The van der Waals surface area contributed by atoms with Gasteiger partial charge in [-0.1, -0.05) is 6.92 Å². The predicted molar refractivity (Wildman–Crippen MR) is 77.7 cm³/mol. The van der Waals surface area contributed by atoms with Crippen LogP contribution in [0.15, 0.2) is 12.1 Å². The summed E-state index contributed by atoms with van der Waals surface area (Å²) in [6.45, 7) is 5.62. The Morgan fingerprint density at radius 3 is 2.81 bits per heavy atom. The van der Waals surface area contributed by atoms with Crippen molar-refractivity contribution in [2.45, 2.75) is 39.2 Å². The number of nitrogens with one attached hydrogen (secondary N) is 1. The second kappa shape index (κ2) is 8.15. The SMILES string of the molecule is CCc1ccc(C(C)NCCCCSC)s1. The number of hydrogen-bond acceptors (Lipinski definition) is 3. The molecule has 0 aromatic carbocycles. The number of thioether (sulfide) groups is 1. The summed E-state index contributed by atoms with van der Waals surface area (Å²) >= 11 is 3.88. The molecule has 1 N–H and O–H groups in total. The Hall–Kier alpha value is 0.01000. The molecule has 0 aliphatic rings. The molecule has 0 radical (unpaired) electrons. The number of unbranched alkanes of at least 4 members (excludes halogenated alkanes) is 1. The van der Waals surface area contributed by atoms with Gasteiger partial charge in [-0.3, -0.25) is 0 Å². The zero-order valence-corrected chi connectivity index (χ0v) is 12.2. The Morgan fingerprint density at radius 1 is 1.38 bits per heavy atom. The van der Waals surface area contributed by atoms with Crippen LogP contribution in [-0.4, -0.2) is 18.6 Å². The quantitative estimate of drug-likeness (QED) is 0.704. The minimum Gasteiger partial charge on any atom is -0.309 e. The van der Waals surface area contributed by atoms with Gasteiger partial charge in [-0.2, -0.15) is 11.8 Å².